The molecule has 1 aromatic heterocycles. The molecular weight excluding hydrogens is 312 g/mol. The Balaban J connectivity index is 2.30. The highest BCUT2D eigenvalue weighted by Gasteiger charge is 2.19. The fraction of sp³-hybridized carbons (Fsp3) is 0.231. The third-order valence-corrected chi connectivity index (χ3v) is 4.47. The third kappa shape index (κ3) is 4.13. The van der Waals surface area contributed by atoms with Crippen molar-refractivity contribution in [1.82, 2.24) is 15.3 Å². The van der Waals surface area contributed by atoms with Crippen LogP contribution in [0.5, 0.6) is 0 Å². The summed E-state index contributed by atoms with van der Waals surface area (Å²) >= 11 is 6.00. The van der Waals surface area contributed by atoms with Crippen molar-refractivity contribution in [3.05, 3.63) is 47.2 Å². The predicted molar refractivity (Wildman–Crippen MR) is 81.7 cm³/mol. The molecule has 0 atom stereocenters. The van der Waals surface area contributed by atoms with Crippen LogP contribution >= 0.6 is 11.6 Å². The minimum Gasteiger partial charge on any atom is -0.313 e. The summed E-state index contributed by atoms with van der Waals surface area (Å²) in [6, 6.07) is 6.48. The van der Waals surface area contributed by atoms with E-state index < -0.39 is 10.0 Å². The zero-order valence-electron chi connectivity index (χ0n) is 11.4. The summed E-state index contributed by atoms with van der Waals surface area (Å²) in [6.07, 6.45) is 2.90. The van der Waals surface area contributed by atoms with Crippen LogP contribution in [-0.2, 0) is 16.6 Å². The number of anilines is 1. The van der Waals surface area contributed by atoms with E-state index in [4.69, 9.17) is 11.6 Å². The van der Waals surface area contributed by atoms with Gasteiger partial charge in [0, 0.05) is 18.9 Å². The van der Waals surface area contributed by atoms with E-state index in [0.29, 0.717) is 6.54 Å². The lowest BCUT2D eigenvalue weighted by Crippen LogP contribution is -2.17. The number of nitrogens with one attached hydrogen (secondary N) is 2. The molecule has 0 aliphatic rings. The van der Waals surface area contributed by atoms with Crippen molar-refractivity contribution in [1.29, 1.82) is 0 Å². The molecule has 1 aromatic carbocycles. The van der Waals surface area contributed by atoms with Gasteiger partial charge >= 0.3 is 0 Å². The molecule has 2 aromatic rings. The van der Waals surface area contributed by atoms with Crippen LogP contribution in [0.25, 0.3) is 0 Å². The molecule has 0 saturated heterocycles. The highest BCUT2D eigenvalue weighted by molar-refractivity contribution is 7.92. The average molecular weight is 327 g/mol. The van der Waals surface area contributed by atoms with Gasteiger partial charge in [0.1, 0.15) is 4.90 Å². The number of halogens is 1. The number of hydrogen-bond acceptors (Lipinski definition) is 5. The van der Waals surface area contributed by atoms with Crippen molar-refractivity contribution in [3.63, 3.8) is 0 Å². The van der Waals surface area contributed by atoms with Crippen LogP contribution in [0.2, 0.25) is 5.02 Å². The summed E-state index contributed by atoms with van der Waals surface area (Å²) in [5.41, 5.74) is 0.829. The summed E-state index contributed by atoms with van der Waals surface area (Å²) in [5.74, 6) is 0.00523. The van der Waals surface area contributed by atoms with E-state index >= 15 is 0 Å². The van der Waals surface area contributed by atoms with E-state index in [9.17, 15) is 8.42 Å². The van der Waals surface area contributed by atoms with Crippen LogP contribution in [0, 0.1) is 0 Å². The fourth-order valence-corrected chi connectivity index (χ4v) is 3.17. The highest BCUT2D eigenvalue weighted by atomic mass is 35.5. The standard InChI is InChI=1S/C13H15ClN4O2S/c1-2-15-9-10-4-5-11(14)12(8-10)21(19,20)18-13-16-6-3-7-17-13/h3-8,15H,2,9H2,1H3,(H,16,17,18). The Morgan fingerprint density at radius 2 is 1.95 bits per heavy atom. The molecule has 8 heteroatoms. The lowest BCUT2D eigenvalue weighted by atomic mass is 10.2. The van der Waals surface area contributed by atoms with Gasteiger partial charge in [0.15, 0.2) is 0 Å². The SMILES string of the molecule is CCNCc1ccc(Cl)c(S(=O)(=O)Nc2ncccn2)c1. The zero-order valence-corrected chi connectivity index (χ0v) is 12.9. The largest absolute Gasteiger partial charge is 0.313 e. The molecule has 0 aliphatic carbocycles. The van der Waals surface area contributed by atoms with Gasteiger partial charge in [-0.15, -0.1) is 0 Å². The molecule has 2 N–H and O–H groups in total. The predicted octanol–water partition coefficient (Wildman–Crippen LogP) is 2.04. The smallest absolute Gasteiger partial charge is 0.265 e. The Kier molecular flexibility index (Phi) is 5.11. The van der Waals surface area contributed by atoms with E-state index in [-0.39, 0.29) is 15.9 Å². The Morgan fingerprint density at radius 1 is 1.24 bits per heavy atom. The summed E-state index contributed by atoms with van der Waals surface area (Å²) < 4.78 is 27.0. The topological polar surface area (TPSA) is 84.0 Å². The van der Waals surface area contributed by atoms with Crippen molar-refractivity contribution >= 4 is 27.6 Å². The van der Waals surface area contributed by atoms with Gasteiger partial charge in [0.05, 0.1) is 5.02 Å². The van der Waals surface area contributed by atoms with Gasteiger partial charge in [-0.25, -0.2) is 23.1 Å². The number of aromatic nitrogens is 2. The van der Waals surface area contributed by atoms with Crippen LogP contribution in [0.3, 0.4) is 0 Å². The van der Waals surface area contributed by atoms with E-state index in [1.54, 1.807) is 18.2 Å². The average Bonchev–Trinajstić information content (AvgIpc) is 2.47. The Labute approximate surface area is 128 Å². The zero-order chi connectivity index (χ0) is 15.3. The second-order valence-corrected chi connectivity index (χ2v) is 6.28. The minimum atomic E-state index is -3.83. The van der Waals surface area contributed by atoms with Crippen molar-refractivity contribution in [2.45, 2.75) is 18.4 Å². The van der Waals surface area contributed by atoms with Crippen LogP contribution in [0.15, 0.2) is 41.6 Å². The van der Waals surface area contributed by atoms with Crippen molar-refractivity contribution in [2.24, 2.45) is 0 Å². The molecule has 21 heavy (non-hydrogen) atoms. The van der Waals surface area contributed by atoms with E-state index in [1.165, 1.54) is 18.5 Å². The van der Waals surface area contributed by atoms with Gasteiger partial charge in [-0.3, -0.25) is 0 Å². The first-order chi connectivity index (χ1) is 10.0. The molecule has 112 valence electrons. The normalized spacial score (nSPS) is 11.3. The third-order valence-electron chi connectivity index (χ3n) is 2.66. The molecule has 1 heterocycles. The minimum absolute atomic E-state index is 0.00523. The molecule has 0 unspecified atom stereocenters. The highest BCUT2D eigenvalue weighted by Crippen LogP contribution is 2.24. The Bertz CT molecular complexity index is 707. The van der Waals surface area contributed by atoms with Crippen molar-refractivity contribution in [3.8, 4) is 0 Å². The maximum absolute atomic E-state index is 12.4. The molecular formula is C13H15ClN4O2S. The molecule has 6 nitrogen and oxygen atoms in total. The number of benzene rings is 1. The molecule has 0 bridgehead atoms. The second-order valence-electron chi connectivity index (χ2n) is 4.22. The van der Waals surface area contributed by atoms with Gasteiger partial charge in [0.2, 0.25) is 5.95 Å². The Hall–Kier alpha value is -1.70. The van der Waals surface area contributed by atoms with Gasteiger partial charge in [-0.05, 0) is 30.3 Å². The summed E-state index contributed by atoms with van der Waals surface area (Å²) in [4.78, 5) is 7.68. The number of rotatable bonds is 6. The molecule has 0 fully saturated rings. The summed E-state index contributed by atoms with van der Waals surface area (Å²) in [6.45, 7) is 3.33. The first-order valence-corrected chi connectivity index (χ1v) is 8.18. The van der Waals surface area contributed by atoms with E-state index in [0.717, 1.165) is 12.1 Å². The Morgan fingerprint density at radius 3 is 2.62 bits per heavy atom. The van der Waals surface area contributed by atoms with E-state index in [2.05, 4.69) is 20.0 Å². The van der Waals surface area contributed by atoms with Crippen LogP contribution < -0.4 is 10.0 Å². The molecule has 0 amide bonds. The van der Waals surface area contributed by atoms with Crippen LogP contribution in [0.1, 0.15) is 12.5 Å². The van der Waals surface area contributed by atoms with Gasteiger partial charge < -0.3 is 5.32 Å². The number of hydrogen-bond donors (Lipinski definition) is 2. The lowest BCUT2D eigenvalue weighted by Gasteiger charge is -2.10. The second kappa shape index (κ2) is 6.84. The van der Waals surface area contributed by atoms with Gasteiger partial charge in [-0.2, -0.15) is 0 Å². The fourth-order valence-electron chi connectivity index (χ4n) is 1.66. The van der Waals surface area contributed by atoms with Crippen LogP contribution in [0.4, 0.5) is 5.95 Å². The van der Waals surface area contributed by atoms with Crippen LogP contribution in [-0.4, -0.2) is 24.9 Å². The first kappa shape index (κ1) is 15.7. The number of sulfonamides is 1. The molecule has 2 rings (SSSR count). The first-order valence-electron chi connectivity index (χ1n) is 6.32. The summed E-state index contributed by atoms with van der Waals surface area (Å²) in [7, 11) is -3.83. The van der Waals surface area contributed by atoms with Gasteiger partial charge in [0.25, 0.3) is 10.0 Å². The van der Waals surface area contributed by atoms with E-state index in [1.807, 2.05) is 6.92 Å². The molecule has 0 saturated carbocycles. The number of nitrogens with zero attached hydrogens (tertiary/aromatic N) is 2. The molecule has 0 radical (unpaired) electrons. The maximum Gasteiger partial charge on any atom is 0.265 e. The molecule has 0 aliphatic heterocycles. The van der Waals surface area contributed by atoms with Crippen molar-refractivity contribution in [2.75, 3.05) is 11.3 Å². The van der Waals surface area contributed by atoms with Gasteiger partial charge in [-0.1, -0.05) is 24.6 Å². The quantitative estimate of drug-likeness (QED) is 0.848. The monoisotopic (exact) mass is 326 g/mol. The molecule has 0 spiro atoms. The van der Waals surface area contributed by atoms with Crippen molar-refractivity contribution < 1.29 is 8.42 Å². The summed E-state index contributed by atoms with van der Waals surface area (Å²) in [5, 5.41) is 3.28. The lowest BCUT2D eigenvalue weighted by molar-refractivity contribution is 0.600. The maximum atomic E-state index is 12.4.